The lowest BCUT2D eigenvalue weighted by molar-refractivity contribution is 0.0827. The second-order valence-electron chi connectivity index (χ2n) is 6.99. The van der Waals surface area contributed by atoms with Crippen molar-refractivity contribution in [1.29, 1.82) is 0 Å². The Kier molecular flexibility index (Phi) is 11.9. The van der Waals surface area contributed by atoms with Gasteiger partial charge in [0, 0.05) is 59.6 Å². The molecule has 28 heavy (non-hydrogen) atoms. The minimum atomic E-state index is 0.0272. The highest BCUT2D eigenvalue weighted by Crippen LogP contribution is 2.07. The number of hydrogen-bond acceptors (Lipinski definition) is 4. The molecule has 0 aliphatic heterocycles. The summed E-state index contributed by atoms with van der Waals surface area (Å²) >= 11 is 0. The summed E-state index contributed by atoms with van der Waals surface area (Å²) in [5, 5.41) is 6.65. The Morgan fingerprint density at radius 3 is 2.64 bits per heavy atom. The lowest BCUT2D eigenvalue weighted by atomic mass is 10.1. The highest BCUT2D eigenvalue weighted by atomic mass is 16.5. The molecule has 0 aliphatic carbocycles. The first-order valence-electron chi connectivity index (χ1n) is 9.98. The number of hydrogen-bond donors (Lipinski definition) is 2. The number of rotatable bonds is 12. The molecular weight excluding hydrogens is 354 g/mol. The highest BCUT2D eigenvalue weighted by molar-refractivity contribution is 5.94. The summed E-state index contributed by atoms with van der Waals surface area (Å²) in [5.41, 5.74) is 1.86. The Balaban J connectivity index is 2.46. The average Bonchev–Trinajstić information content (AvgIpc) is 2.67. The van der Waals surface area contributed by atoms with Crippen LogP contribution in [0, 0.1) is 0 Å². The predicted octanol–water partition coefficient (Wildman–Crippen LogP) is 1.45. The van der Waals surface area contributed by atoms with Crippen molar-refractivity contribution in [2.45, 2.75) is 19.8 Å². The number of guanidine groups is 1. The normalized spacial score (nSPS) is 11.6. The molecule has 2 N–H and O–H groups in total. The number of nitrogens with one attached hydrogen (secondary N) is 2. The molecular formula is C21H37N5O2. The third-order valence-corrected chi connectivity index (χ3v) is 4.27. The van der Waals surface area contributed by atoms with Gasteiger partial charge >= 0.3 is 0 Å². The molecule has 0 spiro atoms. The fraction of sp³-hybridized carbons (Fsp3) is 0.619. The zero-order chi connectivity index (χ0) is 20.8. The quantitative estimate of drug-likeness (QED) is 0.321. The maximum atomic E-state index is 12.1. The number of likely N-dealkylation sites (N-methyl/N-ethyl adjacent to an activating group) is 1. The van der Waals surface area contributed by atoms with Gasteiger partial charge in [0.1, 0.15) is 0 Å². The number of carbonyl (C=O) groups is 1. The van der Waals surface area contributed by atoms with E-state index < -0.39 is 0 Å². The summed E-state index contributed by atoms with van der Waals surface area (Å²) in [7, 11) is 7.37. The van der Waals surface area contributed by atoms with Gasteiger partial charge in [-0.25, -0.2) is 0 Å². The standard InChI is InChI=1S/C21H37N5O2/c1-6-22-21(24-13-15-26(4)14-8-16-28-5)23-12-11-18-9-7-10-19(17-18)20(27)25(2)3/h7,9-10,17H,6,8,11-16H2,1-5H3,(H2,22,23,24). The Morgan fingerprint density at radius 2 is 1.96 bits per heavy atom. The summed E-state index contributed by atoms with van der Waals surface area (Å²) < 4.78 is 5.08. The van der Waals surface area contributed by atoms with Gasteiger partial charge < -0.3 is 25.2 Å². The van der Waals surface area contributed by atoms with Gasteiger partial charge in [0.2, 0.25) is 0 Å². The van der Waals surface area contributed by atoms with Crippen LogP contribution in [0.1, 0.15) is 29.3 Å². The van der Waals surface area contributed by atoms with Crippen molar-refractivity contribution < 1.29 is 9.53 Å². The molecule has 0 saturated carbocycles. The zero-order valence-corrected chi connectivity index (χ0v) is 18.1. The average molecular weight is 392 g/mol. The molecule has 1 rings (SSSR count). The van der Waals surface area contributed by atoms with Gasteiger partial charge in [-0.05, 0) is 44.5 Å². The highest BCUT2D eigenvalue weighted by Gasteiger charge is 2.08. The van der Waals surface area contributed by atoms with Gasteiger partial charge in [-0.2, -0.15) is 0 Å². The Hall–Kier alpha value is -2.12. The van der Waals surface area contributed by atoms with Gasteiger partial charge in [-0.1, -0.05) is 12.1 Å². The van der Waals surface area contributed by atoms with Crippen molar-refractivity contribution in [3.05, 3.63) is 35.4 Å². The molecule has 1 amide bonds. The third-order valence-electron chi connectivity index (χ3n) is 4.27. The molecule has 0 aliphatic rings. The minimum absolute atomic E-state index is 0.0272. The van der Waals surface area contributed by atoms with Crippen LogP contribution in [0.25, 0.3) is 0 Å². The van der Waals surface area contributed by atoms with Crippen molar-refractivity contribution >= 4 is 11.9 Å². The van der Waals surface area contributed by atoms with Gasteiger partial charge in [-0.15, -0.1) is 0 Å². The summed E-state index contributed by atoms with van der Waals surface area (Å²) in [6.07, 6.45) is 1.86. The lowest BCUT2D eigenvalue weighted by Crippen LogP contribution is -2.39. The van der Waals surface area contributed by atoms with Crippen LogP contribution in [-0.4, -0.2) is 89.3 Å². The summed E-state index contributed by atoms with van der Waals surface area (Å²) in [5.74, 6) is 0.854. The molecule has 0 atom stereocenters. The van der Waals surface area contributed by atoms with Crippen molar-refractivity contribution in [2.75, 3.05) is 67.6 Å². The number of nitrogens with zero attached hydrogens (tertiary/aromatic N) is 3. The Morgan fingerprint density at radius 1 is 1.18 bits per heavy atom. The Bertz CT molecular complexity index is 604. The van der Waals surface area contributed by atoms with E-state index in [4.69, 9.17) is 4.74 Å². The smallest absolute Gasteiger partial charge is 0.253 e. The number of ether oxygens (including phenoxy) is 1. The summed E-state index contributed by atoms with van der Waals surface area (Å²) in [4.78, 5) is 20.6. The van der Waals surface area contributed by atoms with E-state index in [1.807, 2.05) is 24.3 Å². The van der Waals surface area contributed by atoms with Gasteiger partial charge in [0.05, 0.1) is 6.54 Å². The second kappa shape index (κ2) is 14.0. The molecule has 1 aromatic carbocycles. The number of aliphatic imine (C=N–C) groups is 1. The molecule has 0 saturated heterocycles. The van der Waals surface area contributed by atoms with Crippen LogP contribution in [0.2, 0.25) is 0 Å². The third kappa shape index (κ3) is 9.71. The Labute approximate surface area is 170 Å². The SMILES string of the molecule is CCNC(=NCCN(C)CCCOC)NCCc1cccc(C(=O)N(C)C)c1. The topological polar surface area (TPSA) is 69.2 Å². The van der Waals surface area contributed by atoms with Crippen LogP contribution in [0.5, 0.6) is 0 Å². The number of amides is 1. The van der Waals surface area contributed by atoms with Crippen LogP contribution in [0.4, 0.5) is 0 Å². The van der Waals surface area contributed by atoms with Crippen LogP contribution < -0.4 is 10.6 Å². The number of methoxy groups -OCH3 is 1. The van der Waals surface area contributed by atoms with Gasteiger partial charge in [0.15, 0.2) is 5.96 Å². The molecule has 7 nitrogen and oxygen atoms in total. The van der Waals surface area contributed by atoms with E-state index in [2.05, 4.69) is 34.5 Å². The van der Waals surface area contributed by atoms with Crippen LogP contribution in [0.3, 0.4) is 0 Å². The largest absolute Gasteiger partial charge is 0.385 e. The maximum absolute atomic E-state index is 12.1. The zero-order valence-electron chi connectivity index (χ0n) is 18.1. The first-order chi connectivity index (χ1) is 13.5. The fourth-order valence-electron chi connectivity index (χ4n) is 2.71. The molecule has 0 heterocycles. The van der Waals surface area contributed by atoms with Crippen LogP contribution >= 0.6 is 0 Å². The van der Waals surface area contributed by atoms with Gasteiger partial charge in [-0.3, -0.25) is 9.79 Å². The maximum Gasteiger partial charge on any atom is 0.253 e. The molecule has 0 radical (unpaired) electrons. The van der Waals surface area contributed by atoms with E-state index in [0.717, 1.165) is 69.3 Å². The van der Waals surface area contributed by atoms with E-state index in [9.17, 15) is 4.79 Å². The van der Waals surface area contributed by atoms with Crippen molar-refractivity contribution in [2.24, 2.45) is 4.99 Å². The first kappa shape index (κ1) is 23.9. The minimum Gasteiger partial charge on any atom is -0.385 e. The molecule has 0 unspecified atom stereocenters. The predicted molar refractivity (Wildman–Crippen MR) is 116 cm³/mol. The van der Waals surface area contributed by atoms with E-state index in [1.165, 1.54) is 0 Å². The van der Waals surface area contributed by atoms with E-state index in [-0.39, 0.29) is 5.91 Å². The molecule has 1 aromatic rings. The molecule has 0 fully saturated rings. The monoisotopic (exact) mass is 391 g/mol. The summed E-state index contributed by atoms with van der Waals surface area (Å²) in [6, 6.07) is 7.80. The lowest BCUT2D eigenvalue weighted by Gasteiger charge is -2.16. The van der Waals surface area contributed by atoms with E-state index in [0.29, 0.717) is 0 Å². The number of benzene rings is 1. The second-order valence-corrected chi connectivity index (χ2v) is 6.99. The fourth-order valence-corrected chi connectivity index (χ4v) is 2.71. The van der Waals surface area contributed by atoms with Crippen molar-refractivity contribution in [1.82, 2.24) is 20.4 Å². The number of carbonyl (C=O) groups excluding carboxylic acids is 1. The van der Waals surface area contributed by atoms with Crippen molar-refractivity contribution in [3.63, 3.8) is 0 Å². The molecule has 0 bridgehead atoms. The molecule has 0 aromatic heterocycles. The van der Waals surface area contributed by atoms with E-state index in [1.54, 1.807) is 26.1 Å². The van der Waals surface area contributed by atoms with E-state index >= 15 is 0 Å². The van der Waals surface area contributed by atoms with Crippen LogP contribution in [-0.2, 0) is 11.2 Å². The van der Waals surface area contributed by atoms with Gasteiger partial charge in [0.25, 0.3) is 5.91 Å². The first-order valence-corrected chi connectivity index (χ1v) is 9.98. The molecule has 158 valence electrons. The van der Waals surface area contributed by atoms with Crippen molar-refractivity contribution in [3.8, 4) is 0 Å². The summed E-state index contributed by atoms with van der Waals surface area (Å²) in [6.45, 7) is 7.09. The van der Waals surface area contributed by atoms with Crippen LogP contribution in [0.15, 0.2) is 29.3 Å². The molecule has 7 heteroatoms.